The Morgan fingerprint density at radius 1 is 1.00 bits per heavy atom. The molecule has 0 aliphatic rings. The lowest BCUT2D eigenvalue weighted by Crippen LogP contribution is -1.91. The molecule has 3 aromatic rings. The monoisotopic (exact) mass is 298 g/mol. The molecule has 110 valence electrons. The summed E-state index contributed by atoms with van der Waals surface area (Å²) in [6.45, 7) is 1.89. The molecule has 0 saturated carbocycles. The summed E-state index contributed by atoms with van der Waals surface area (Å²) in [5, 5.41) is 3.64. The lowest BCUT2D eigenvalue weighted by Gasteiger charge is -1.98. The minimum Gasteiger partial charge on any atom is -0.334 e. The summed E-state index contributed by atoms with van der Waals surface area (Å²) in [7, 11) is 0. The van der Waals surface area contributed by atoms with Crippen LogP contribution in [0.4, 0.5) is 8.78 Å². The molecule has 0 bridgehead atoms. The third kappa shape index (κ3) is 2.79. The number of benzene rings is 2. The number of hydrogen-bond donors (Lipinski definition) is 0. The first-order valence-electron chi connectivity index (χ1n) is 6.67. The van der Waals surface area contributed by atoms with Crippen molar-refractivity contribution in [3.8, 4) is 11.4 Å². The summed E-state index contributed by atoms with van der Waals surface area (Å²) in [4.78, 5) is 4.03. The zero-order valence-electron chi connectivity index (χ0n) is 11.8. The van der Waals surface area contributed by atoms with E-state index in [1.54, 1.807) is 6.08 Å². The van der Waals surface area contributed by atoms with E-state index in [1.807, 2.05) is 37.3 Å². The standard InChI is InChI=1S/C17H12F2N2O/c1-11(12-6-3-2-4-7-12)10-15-20-17(21-22-15)16-13(18)8-5-9-14(16)19/h2-10H,1H3. The van der Waals surface area contributed by atoms with Gasteiger partial charge in [0.25, 0.3) is 5.89 Å². The Morgan fingerprint density at radius 2 is 1.68 bits per heavy atom. The maximum absolute atomic E-state index is 13.7. The zero-order chi connectivity index (χ0) is 15.5. The van der Waals surface area contributed by atoms with E-state index in [0.29, 0.717) is 0 Å². The first-order chi connectivity index (χ1) is 10.6. The van der Waals surface area contributed by atoms with Crippen LogP contribution in [0.3, 0.4) is 0 Å². The molecule has 0 fully saturated rings. The fourth-order valence-electron chi connectivity index (χ4n) is 2.08. The van der Waals surface area contributed by atoms with Gasteiger partial charge in [-0.2, -0.15) is 4.98 Å². The predicted molar refractivity (Wildman–Crippen MR) is 79.6 cm³/mol. The Labute approximate surface area is 125 Å². The van der Waals surface area contributed by atoms with Crippen molar-refractivity contribution < 1.29 is 13.3 Å². The molecule has 5 heteroatoms. The first-order valence-corrected chi connectivity index (χ1v) is 6.67. The van der Waals surface area contributed by atoms with E-state index in [0.717, 1.165) is 23.3 Å². The van der Waals surface area contributed by atoms with Crippen molar-refractivity contribution in [3.63, 3.8) is 0 Å². The molecule has 0 unspecified atom stereocenters. The molecule has 0 aliphatic heterocycles. The molecule has 1 aromatic heterocycles. The molecule has 0 radical (unpaired) electrons. The Balaban J connectivity index is 1.95. The highest BCUT2D eigenvalue weighted by molar-refractivity contribution is 5.78. The van der Waals surface area contributed by atoms with Crippen LogP contribution < -0.4 is 0 Å². The molecule has 0 atom stereocenters. The minimum atomic E-state index is -0.726. The summed E-state index contributed by atoms with van der Waals surface area (Å²) in [5.74, 6) is -1.37. The van der Waals surface area contributed by atoms with E-state index < -0.39 is 11.6 Å². The average Bonchev–Trinajstić information content (AvgIpc) is 2.96. The van der Waals surface area contributed by atoms with E-state index >= 15 is 0 Å². The van der Waals surface area contributed by atoms with Crippen molar-refractivity contribution in [2.45, 2.75) is 6.92 Å². The SMILES string of the molecule is CC(=Cc1nc(-c2c(F)cccc2F)no1)c1ccccc1. The zero-order valence-corrected chi connectivity index (χ0v) is 11.8. The van der Waals surface area contributed by atoms with Gasteiger partial charge in [-0.3, -0.25) is 0 Å². The molecular weight excluding hydrogens is 286 g/mol. The molecule has 3 rings (SSSR count). The molecular formula is C17H12F2N2O. The van der Waals surface area contributed by atoms with Crippen LogP contribution in [0.15, 0.2) is 53.1 Å². The number of aromatic nitrogens is 2. The van der Waals surface area contributed by atoms with Crippen LogP contribution in [0.25, 0.3) is 23.0 Å². The summed E-state index contributed by atoms with van der Waals surface area (Å²) in [6.07, 6.45) is 1.67. The molecule has 1 heterocycles. The highest BCUT2D eigenvalue weighted by atomic mass is 19.1. The van der Waals surface area contributed by atoms with E-state index in [2.05, 4.69) is 10.1 Å². The largest absolute Gasteiger partial charge is 0.334 e. The Kier molecular flexibility index (Phi) is 3.78. The van der Waals surface area contributed by atoms with Crippen LogP contribution in [-0.2, 0) is 0 Å². The van der Waals surface area contributed by atoms with Gasteiger partial charge in [0.05, 0.1) is 5.56 Å². The maximum Gasteiger partial charge on any atom is 0.251 e. The van der Waals surface area contributed by atoms with Crippen LogP contribution in [-0.4, -0.2) is 10.1 Å². The average molecular weight is 298 g/mol. The lowest BCUT2D eigenvalue weighted by atomic mass is 10.1. The van der Waals surface area contributed by atoms with Crippen LogP contribution in [0.1, 0.15) is 18.4 Å². The molecule has 22 heavy (non-hydrogen) atoms. The molecule has 0 saturated heterocycles. The fraction of sp³-hybridized carbons (Fsp3) is 0.0588. The number of allylic oxidation sites excluding steroid dienone is 1. The summed E-state index contributed by atoms with van der Waals surface area (Å²) < 4.78 is 32.4. The fourth-order valence-corrected chi connectivity index (χ4v) is 2.08. The normalized spacial score (nSPS) is 11.7. The van der Waals surface area contributed by atoms with Crippen molar-refractivity contribution in [1.82, 2.24) is 10.1 Å². The van der Waals surface area contributed by atoms with Crippen LogP contribution in [0, 0.1) is 11.6 Å². The number of rotatable bonds is 3. The van der Waals surface area contributed by atoms with Gasteiger partial charge < -0.3 is 4.52 Å². The summed E-state index contributed by atoms with van der Waals surface area (Å²) >= 11 is 0. The third-order valence-corrected chi connectivity index (χ3v) is 3.20. The summed E-state index contributed by atoms with van der Waals surface area (Å²) in [5.41, 5.74) is 1.62. The highest BCUT2D eigenvalue weighted by Crippen LogP contribution is 2.24. The van der Waals surface area contributed by atoms with Gasteiger partial charge in [0.2, 0.25) is 5.82 Å². The second-order valence-corrected chi connectivity index (χ2v) is 4.75. The van der Waals surface area contributed by atoms with Crippen LogP contribution in [0.5, 0.6) is 0 Å². The van der Waals surface area contributed by atoms with Crippen molar-refractivity contribution >= 4 is 11.6 Å². The van der Waals surface area contributed by atoms with E-state index in [1.165, 1.54) is 6.07 Å². The van der Waals surface area contributed by atoms with Gasteiger partial charge in [0, 0.05) is 6.08 Å². The second kappa shape index (κ2) is 5.89. The molecule has 2 aromatic carbocycles. The van der Waals surface area contributed by atoms with Gasteiger partial charge in [0.1, 0.15) is 11.6 Å². The quantitative estimate of drug-likeness (QED) is 0.710. The lowest BCUT2D eigenvalue weighted by molar-refractivity contribution is 0.410. The molecule has 3 nitrogen and oxygen atoms in total. The Hall–Kier alpha value is -2.82. The smallest absolute Gasteiger partial charge is 0.251 e. The second-order valence-electron chi connectivity index (χ2n) is 4.75. The minimum absolute atomic E-state index is 0.109. The summed E-state index contributed by atoms with van der Waals surface area (Å²) in [6, 6.07) is 13.2. The molecule has 0 amide bonds. The van der Waals surface area contributed by atoms with Crippen LogP contribution >= 0.6 is 0 Å². The van der Waals surface area contributed by atoms with Crippen molar-refractivity contribution in [1.29, 1.82) is 0 Å². The number of hydrogen-bond acceptors (Lipinski definition) is 3. The van der Waals surface area contributed by atoms with Gasteiger partial charge in [-0.25, -0.2) is 8.78 Å². The van der Waals surface area contributed by atoms with Gasteiger partial charge in [-0.1, -0.05) is 41.6 Å². The number of halogens is 2. The third-order valence-electron chi connectivity index (χ3n) is 3.20. The van der Waals surface area contributed by atoms with Crippen molar-refractivity contribution in [3.05, 3.63) is 71.6 Å². The molecule has 0 aliphatic carbocycles. The first kappa shape index (κ1) is 14.1. The highest BCUT2D eigenvalue weighted by Gasteiger charge is 2.16. The maximum atomic E-state index is 13.7. The topological polar surface area (TPSA) is 38.9 Å². The van der Waals surface area contributed by atoms with Gasteiger partial charge in [0.15, 0.2) is 0 Å². The molecule has 0 N–H and O–H groups in total. The Morgan fingerprint density at radius 3 is 2.36 bits per heavy atom. The van der Waals surface area contributed by atoms with Gasteiger partial charge in [-0.05, 0) is 30.2 Å². The van der Waals surface area contributed by atoms with Gasteiger partial charge >= 0.3 is 0 Å². The van der Waals surface area contributed by atoms with Crippen LogP contribution in [0.2, 0.25) is 0 Å². The van der Waals surface area contributed by atoms with Gasteiger partial charge in [-0.15, -0.1) is 0 Å². The van der Waals surface area contributed by atoms with Crippen molar-refractivity contribution in [2.75, 3.05) is 0 Å². The van der Waals surface area contributed by atoms with E-state index in [-0.39, 0.29) is 17.3 Å². The van der Waals surface area contributed by atoms with E-state index in [9.17, 15) is 8.78 Å². The van der Waals surface area contributed by atoms with Crippen molar-refractivity contribution in [2.24, 2.45) is 0 Å². The Bertz CT molecular complexity index is 805. The molecule has 0 spiro atoms. The predicted octanol–water partition coefficient (Wildman–Crippen LogP) is 4.58. The van der Waals surface area contributed by atoms with E-state index in [4.69, 9.17) is 4.52 Å². The number of nitrogens with zero attached hydrogens (tertiary/aromatic N) is 2.